The Morgan fingerprint density at radius 1 is 1.14 bits per heavy atom. The molecule has 0 radical (unpaired) electrons. The number of anilines is 1. The number of benzene rings is 2. The maximum atomic E-state index is 13.1. The molecule has 0 spiro atoms. The van der Waals surface area contributed by atoms with Gasteiger partial charge in [0.1, 0.15) is 12.6 Å². The highest BCUT2D eigenvalue weighted by atomic mass is 19.3. The van der Waals surface area contributed by atoms with Crippen molar-refractivity contribution in [3.05, 3.63) is 54.1 Å². The van der Waals surface area contributed by atoms with Crippen LogP contribution in [0.15, 0.2) is 48.5 Å². The SMILES string of the molecule is O=C(Nc1ccc2c(c1)OC(F)(F)O2)C1CCCN1C(=O)OCc1ccccc1. The fraction of sp³-hybridized carbons (Fsp3) is 0.300. The normalized spacial score (nSPS) is 19.1. The predicted molar refractivity (Wildman–Crippen MR) is 97.6 cm³/mol. The molecule has 2 aliphatic rings. The summed E-state index contributed by atoms with van der Waals surface area (Å²) in [6.07, 6.45) is -3.16. The van der Waals surface area contributed by atoms with Crippen LogP contribution in [0.25, 0.3) is 0 Å². The van der Waals surface area contributed by atoms with Gasteiger partial charge < -0.3 is 19.5 Å². The minimum atomic E-state index is -3.73. The van der Waals surface area contributed by atoms with E-state index in [-0.39, 0.29) is 23.8 Å². The number of carbonyl (C=O) groups is 2. The number of nitrogens with one attached hydrogen (secondary N) is 1. The van der Waals surface area contributed by atoms with Crippen LogP contribution >= 0.6 is 0 Å². The number of halogens is 2. The molecule has 2 amide bonds. The van der Waals surface area contributed by atoms with E-state index in [0.29, 0.717) is 19.4 Å². The molecule has 29 heavy (non-hydrogen) atoms. The topological polar surface area (TPSA) is 77.1 Å². The largest absolute Gasteiger partial charge is 0.586 e. The second-order valence-corrected chi connectivity index (χ2v) is 6.71. The minimum absolute atomic E-state index is 0.111. The maximum Gasteiger partial charge on any atom is 0.586 e. The van der Waals surface area contributed by atoms with Crippen LogP contribution in [0.2, 0.25) is 0 Å². The highest BCUT2D eigenvalue weighted by molar-refractivity contribution is 5.97. The number of alkyl halides is 2. The van der Waals surface area contributed by atoms with Crippen LogP contribution < -0.4 is 14.8 Å². The van der Waals surface area contributed by atoms with Crippen LogP contribution in [0, 0.1) is 0 Å². The molecule has 1 N–H and O–H groups in total. The zero-order chi connectivity index (χ0) is 20.4. The lowest BCUT2D eigenvalue weighted by Gasteiger charge is -2.23. The number of hydrogen-bond donors (Lipinski definition) is 1. The predicted octanol–water partition coefficient (Wildman–Crippen LogP) is 3.75. The molecule has 1 unspecified atom stereocenters. The summed E-state index contributed by atoms with van der Waals surface area (Å²) >= 11 is 0. The van der Waals surface area contributed by atoms with Crippen LogP contribution in [-0.2, 0) is 16.1 Å². The summed E-state index contributed by atoms with van der Waals surface area (Å²) < 4.78 is 40.3. The van der Waals surface area contributed by atoms with E-state index in [1.165, 1.54) is 23.1 Å². The molecule has 2 aromatic rings. The van der Waals surface area contributed by atoms with Crippen molar-refractivity contribution in [2.24, 2.45) is 0 Å². The van der Waals surface area contributed by atoms with Gasteiger partial charge in [0.15, 0.2) is 11.5 Å². The maximum absolute atomic E-state index is 13.1. The smallest absolute Gasteiger partial charge is 0.445 e. The van der Waals surface area contributed by atoms with Crippen LogP contribution in [0.4, 0.5) is 19.3 Å². The molecule has 9 heteroatoms. The fourth-order valence-corrected chi connectivity index (χ4v) is 3.31. The molecule has 2 aromatic carbocycles. The van der Waals surface area contributed by atoms with Crippen LogP contribution in [0.5, 0.6) is 11.5 Å². The quantitative estimate of drug-likeness (QED) is 0.840. The molecule has 0 aromatic heterocycles. The van der Waals surface area contributed by atoms with Gasteiger partial charge in [0.05, 0.1) is 0 Å². The number of fused-ring (bicyclic) bond motifs is 1. The highest BCUT2D eigenvalue weighted by Gasteiger charge is 2.43. The zero-order valence-corrected chi connectivity index (χ0v) is 15.3. The van der Waals surface area contributed by atoms with E-state index in [2.05, 4.69) is 14.8 Å². The number of carbonyl (C=O) groups excluding carboxylic acids is 2. The average molecular weight is 404 g/mol. The molecule has 2 aliphatic heterocycles. The Morgan fingerprint density at radius 2 is 1.90 bits per heavy atom. The van der Waals surface area contributed by atoms with E-state index in [4.69, 9.17) is 4.74 Å². The Morgan fingerprint density at radius 3 is 2.69 bits per heavy atom. The van der Waals surface area contributed by atoms with Gasteiger partial charge in [0, 0.05) is 18.3 Å². The summed E-state index contributed by atoms with van der Waals surface area (Å²) in [5.74, 6) is -0.705. The van der Waals surface area contributed by atoms with E-state index < -0.39 is 24.3 Å². The Balaban J connectivity index is 1.37. The summed E-state index contributed by atoms with van der Waals surface area (Å²) in [5.41, 5.74) is 1.11. The van der Waals surface area contributed by atoms with Crippen LogP contribution in [0.1, 0.15) is 18.4 Å². The molecule has 1 saturated heterocycles. The lowest BCUT2D eigenvalue weighted by molar-refractivity contribution is -0.286. The third-order valence-electron chi connectivity index (χ3n) is 4.66. The average Bonchev–Trinajstić information content (AvgIpc) is 3.29. The number of rotatable bonds is 4. The molecule has 152 valence electrons. The third kappa shape index (κ3) is 4.23. The first-order valence-corrected chi connectivity index (χ1v) is 9.09. The standard InChI is InChI=1S/C20H18F2N2O5/c21-20(22)28-16-9-8-14(11-17(16)29-20)23-18(25)15-7-4-10-24(15)19(26)27-12-13-5-2-1-3-6-13/h1-3,5-6,8-9,11,15H,4,7,10,12H2,(H,23,25). The van der Waals surface area contributed by atoms with Gasteiger partial charge in [-0.15, -0.1) is 8.78 Å². The Hall–Kier alpha value is -3.36. The Bertz CT molecular complexity index is 922. The van der Waals surface area contributed by atoms with Crippen molar-refractivity contribution in [1.82, 2.24) is 4.90 Å². The van der Waals surface area contributed by atoms with Crippen molar-refractivity contribution in [1.29, 1.82) is 0 Å². The van der Waals surface area contributed by atoms with Gasteiger partial charge in [-0.1, -0.05) is 30.3 Å². The molecule has 0 aliphatic carbocycles. The van der Waals surface area contributed by atoms with Gasteiger partial charge in [-0.3, -0.25) is 9.69 Å². The monoisotopic (exact) mass is 404 g/mol. The molecule has 4 rings (SSSR count). The lowest BCUT2D eigenvalue weighted by atomic mass is 10.2. The number of amides is 2. The minimum Gasteiger partial charge on any atom is -0.445 e. The van der Waals surface area contributed by atoms with Crippen molar-refractivity contribution in [2.75, 3.05) is 11.9 Å². The van der Waals surface area contributed by atoms with Crippen LogP contribution in [-0.4, -0.2) is 35.8 Å². The summed E-state index contributed by atoms with van der Waals surface area (Å²) in [6.45, 7) is 0.514. The van der Waals surface area contributed by atoms with Crippen molar-refractivity contribution in [3.63, 3.8) is 0 Å². The first-order valence-electron chi connectivity index (χ1n) is 9.09. The number of nitrogens with zero attached hydrogens (tertiary/aromatic N) is 1. The zero-order valence-electron chi connectivity index (χ0n) is 15.3. The Kier molecular flexibility index (Phi) is 4.96. The van der Waals surface area contributed by atoms with Gasteiger partial charge in [-0.25, -0.2) is 4.79 Å². The van der Waals surface area contributed by atoms with Crippen LogP contribution in [0.3, 0.4) is 0 Å². The summed E-state index contributed by atoms with van der Waals surface area (Å²) in [7, 11) is 0. The molecular formula is C20H18F2N2O5. The van der Waals surface area contributed by atoms with Gasteiger partial charge in [-0.05, 0) is 30.5 Å². The van der Waals surface area contributed by atoms with Gasteiger partial charge in [-0.2, -0.15) is 0 Å². The molecule has 7 nitrogen and oxygen atoms in total. The fourth-order valence-electron chi connectivity index (χ4n) is 3.31. The van der Waals surface area contributed by atoms with Crippen molar-refractivity contribution < 1.29 is 32.6 Å². The second-order valence-electron chi connectivity index (χ2n) is 6.71. The lowest BCUT2D eigenvalue weighted by Crippen LogP contribution is -2.43. The Labute approximate surface area is 165 Å². The highest BCUT2D eigenvalue weighted by Crippen LogP contribution is 2.42. The number of ether oxygens (including phenoxy) is 3. The van der Waals surface area contributed by atoms with E-state index in [0.717, 1.165) is 5.56 Å². The molecule has 2 heterocycles. The van der Waals surface area contributed by atoms with E-state index in [1.54, 1.807) is 0 Å². The first-order chi connectivity index (χ1) is 13.9. The van der Waals surface area contributed by atoms with Gasteiger partial charge in [0.2, 0.25) is 5.91 Å². The molecule has 1 atom stereocenters. The third-order valence-corrected chi connectivity index (χ3v) is 4.66. The van der Waals surface area contributed by atoms with Crippen molar-refractivity contribution >= 4 is 17.7 Å². The van der Waals surface area contributed by atoms with Crippen molar-refractivity contribution in [2.45, 2.75) is 31.8 Å². The summed E-state index contributed by atoms with van der Waals surface area (Å²) in [4.78, 5) is 26.4. The number of hydrogen-bond acceptors (Lipinski definition) is 5. The van der Waals surface area contributed by atoms with Gasteiger partial charge >= 0.3 is 12.4 Å². The first kappa shape index (κ1) is 19.0. The molecule has 0 saturated carbocycles. The summed E-state index contributed by atoms with van der Waals surface area (Å²) in [5, 5.41) is 2.63. The van der Waals surface area contributed by atoms with E-state index >= 15 is 0 Å². The summed E-state index contributed by atoms with van der Waals surface area (Å²) in [6, 6.07) is 12.5. The molecule has 0 bridgehead atoms. The number of likely N-dealkylation sites (tertiary alicyclic amines) is 1. The molecular weight excluding hydrogens is 386 g/mol. The van der Waals surface area contributed by atoms with E-state index in [1.807, 2.05) is 30.3 Å². The van der Waals surface area contributed by atoms with E-state index in [9.17, 15) is 18.4 Å². The van der Waals surface area contributed by atoms with Crippen molar-refractivity contribution in [3.8, 4) is 11.5 Å². The molecule has 1 fully saturated rings. The van der Waals surface area contributed by atoms with Gasteiger partial charge in [0.25, 0.3) is 0 Å². The second kappa shape index (κ2) is 7.57.